The van der Waals surface area contributed by atoms with Crippen molar-refractivity contribution in [1.82, 2.24) is 15.2 Å². The number of aromatic amines is 1. The molecule has 1 aromatic heterocycles. The van der Waals surface area contributed by atoms with Crippen LogP contribution in [0.5, 0.6) is 0 Å². The first kappa shape index (κ1) is 19.4. The number of carbonyl (C=O) groups excluding carboxylic acids is 1. The van der Waals surface area contributed by atoms with Crippen LogP contribution in [0, 0.1) is 13.8 Å². The van der Waals surface area contributed by atoms with Gasteiger partial charge in [-0.05, 0) is 69.8 Å². The zero-order chi connectivity index (χ0) is 19.2. The molecule has 1 amide bonds. The van der Waals surface area contributed by atoms with Crippen molar-refractivity contribution in [2.75, 3.05) is 19.6 Å². The van der Waals surface area contributed by atoms with Crippen molar-refractivity contribution in [2.45, 2.75) is 45.6 Å². The Labute approximate surface area is 160 Å². The summed E-state index contributed by atoms with van der Waals surface area (Å²) in [6.07, 6.45) is 4.22. The molecule has 2 N–H and O–H groups in total. The van der Waals surface area contributed by atoms with Gasteiger partial charge in [0, 0.05) is 18.3 Å². The summed E-state index contributed by atoms with van der Waals surface area (Å²) in [5.41, 5.74) is 2.80. The Hall–Kier alpha value is -2.40. The standard InChI is InChI=1S/C22H29N3O2/c1-16-14-17(2)23-21(26)20(16)22(27)24-19-11-7-13-25(15-19)12-6-10-18-8-4-3-5-9-18/h3-5,8-9,14,19H,6-7,10-13,15H2,1-2H3,(H,23,26)(H,24,27)/t19-/m0/s1. The number of H-pyrrole nitrogens is 1. The molecule has 2 heterocycles. The van der Waals surface area contributed by atoms with E-state index in [9.17, 15) is 9.59 Å². The molecule has 1 fully saturated rings. The number of pyridine rings is 1. The van der Waals surface area contributed by atoms with Gasteiger partial charge in [0.1, 0.15) is 5.56 Å². The maximum Gasteiger partial charge on any atom is 0.261 e. The number of rotatable bonds is 6. The number of aryl methyl sites for hydroxylation is 3. The summed E-state index contributed by atoms with van der Waals surface area (Å²) in [7, 11) is 0. The number of hydrogen-bond donors (Lipinski definition) is 2. The van der Waals surface area contributed by atoms with Crippen molar-refractivity contribution in [1.29, 1.82) is 0 Å². The number of amides is 1. The van der Waals surface area contributed by atoms with Gasteiger partial charge in [0.05, 0.1) is 0 Å². The van der Waals surface area contributed by atoms with Crippen LogP contribution in [0.15, 0.2) is 41.2 Å². The second kappa shape index (κ2) is 9.00. The third-order valence-corrected chi connectivity index (χ3v) is 5.22. The van der Waals surface area contributed by atoms with E-state index in [1.165, 1.54) is 5.56 Å². The van der Waals surface area contributed by atoms with Crippen LogP contribution in [0.3, 0.4) is 0 Å². The molecule has 1 saturated heterocycles. The summed E-state index contributed by atoms with van der Waals surface area (Å²) < 4.78 is 0. The zero-order valence-corrected chi connectivity index (χ0v) is 16.3. The third-order valence-electron chi connectivity index (χ3n) is 5.22. The van der Waals surface area contributed by atoms with Crippen LogP contribution < -0.4 is 10.9 Å². The fourth-order valence-electron chi connectivity index (χ4n) is 3.92. The van der Waals surface area contributed by atoms with Crippen LogP contribution >= 0.6 is 0 Å². The Morgan fingerprint density at radius 3 is 2.78 bits per heavy atom. The van der Waals surface area contributed by atoms with Gasteiger partial charge in [0.2, 0.25) is 0 Å². The van der Waals surface area contributed by atoms with Gasteiger partial charge in [-0.2, -0.15) is 0 Å². The lowest BCUT2D eigenvalue weighted by molar-refractivity contribution is 0.0901. The fourth-order valence-corrected chi connectivity index (χ4v) is 3.92. The maximum absolute atomic E-state index is 12.6. The maximum atomic E-state index is 12.6. The normalized spacial score (nSPS) is 17.6. The Kier molecular flexibility index (Phi) is 6.45. The van der Waals surface area contributed by atoms with E-state index in [1.807, 2.05) is 26.0 Å². The zero-order valence-electron chi connectivity index (χ0n) is 16.3. The van der Waals surface area contributed by atoms with Gasteiger partial charge in [0.25, 0.3) is 11.5 Å². The number of likely N-dealkylation sites (tertiary alicyclic amines) is 1. The molecule has 0 saturated carbocycles. The molecule has 1 aliphatic heterocycles. The van der Waals surface area contributed by atoms with Crippen LogP contribution in [0.4, 0.5) is 0 Å². The van der Waals surface area contributed by atoms with E-state index < -0.39 is 0 Å². The molecule has 0 bridgehead atoms. The molecule has 1 aliphatic rings. The largest absolute Gasteiger partial charge is 0.348 e. The summed E-state index contributed by atoms with van der Waals surface area (Å²) in [6.45, 7) is 6.60. The first-order chi connectivity index (χ1) is 13.0. The van der Waals surface area contributed by atoms with Crippen molar-refractivity contribution >= 4 is 5.91 Å². The molecule has 144 valence electrons. The highest BCUT2D eigenvalue weighted by Crippen LogP contribution is 2.13. The molecule has 0 spiro atoms. The van der Waals surface area contributed by atoms with Crippen molar-refractivity contribution in [2.24, 2.45) is 0 Å². The van der Waals surface area contributed by atoms with E-state index in [-0.39, 0.29) is 23.1 Å². The first-order valence-electron chi connectivity index (χ1n) is 9.80. The number of piperidine rings is 1. The van der Waals surface area contributed by atoms with Crippen LogP contribution in [-0.4, -0.2) is 41.5 Å². The predicted octanol–water partition coefficient (Wildman–Crippen LogP) is 2.82. The molecule has 0 radical (unpaired) electrons. The number of nitrogens with zero attached hydrogens (tertiary/aromatic N) is 1. The smallest absolute Gasteiger partial charge is 0.261 e. The Morgan fingerprint density at radius 2 is 2.04 bits per heavy atom. The lowest BCUT2D eigenvalue weighted by atomic mass is 10.0. The lowest BCUT2D eigenvalue weighted by Crippen LogP contribution is -2.48. The van der Waals surface area contributed by atoms with E-state index in [0.29, 0.717) is 0 Å². The van der Waals surface area contributed by atoms with Gasteiger partial charge in [-0.15, -0.1) is 0 Å². The van der Waals surface area contributed by atoms with Gasteiger partial charge in [0.15, 0.2) is 0 Å². The highest BCUT2D eigenvalue weighted by Gasteiger charge is 2.23. The summed E-state index contributed by atoms with van der Waals surface area (Å²) in [5.74, 6) is -0.259. The van der Waals surface area contributed by atoms with Crippen LogP contribution in [0.25, 0.3) is 0 Å². The van der Waals surface area contributed by atoms with Crippen molar-refractivity contribution in [3.05, 3.63) is 69.1 Å². The van der Waals surface area contributed by atoms with Gasteiger partial charge >= 0.3 is 0 Å². The molecule has 27 heavy (non-hydrogen) atoms. The van der Waals surface area contributed by atoms with Crippen molar-refractivity contribution in [3.8, 4) is 0 Å². The van der Waals surface area contributed by atoms with Gasteiger partial charge in [-0.3, -0.25) is 9.59 Å². The van der Waals surface area contributed by atoms with Gasteiger partial charge < -0.3 is 15.2 Å². The van der Waals surface area contributed by atoms with Crippen LogP contribution in [0.2, 0.25) is 0 Å². The van der Waals surface area contributed by atoms with Gasteiger partial charge in [-0.25, -0.2) is 0 Å². The molecular weight excluding hydrogens is 338 g/mol. The Balaban J connectivity index is 1.52. The number of benzene rings is 1. The second-order valence-corrected chi connectivity index (χ2v) is 7.54. The Morgan fingerprint density at radius 1 is 1.26 bits per heavy atom. The minimum Gasteiger partial charge on any atom is -0.348 e. The van der Waals surface area contributed by atoms with E-state index in [1.54, 1.807) is 0 Å². The molecule has 1 aromatic carbocycles. The number of carbonyl (C=O) groups is 1. The predicted molar refractivity (Wildman–Crippen MR) is 108 cm³/mol. The fraction of sp³-hybridized carbons (Fsp3) is 0.455. The average molecular weight is 367 g/mol. The summed E-state index contributed by atoms with van der Waals surface area (Å²) in [6, 6.07) is 12.5. The SMILES string of the molecule is Cc1cc(C)c(C(=O)N[C@H]2CCCN(CCCc3ccccc3)C2)c(=O)[nH]1. The van der Waals surface area contributed by atoms with Gasteiger partial charge in [-0.1, -0.05) is 30.3 Å². The quantitative estimate of drug-likeness (QED) is 0.825. The lowest BCUT2D eigenvalue weighted by Gasteiger charge is -2.33. The van der Waals surface area contributed by atoms with E-state index >= 15 is 0 Å². The minimum absolute atomic E-state index is 0.100. The third kappa shape index (κ3) is 5.30. The average Bonchev–Trinajstić information content (AvgIpc) is 2.62. The molecule has 5 heteroatoms. The second-order valence-electron chi connectivity index (χ2n) is 7.54. The highest BCUT2D eigenvalue weighted by molar-refractivity contribution is 5.95. The first-order valence-corrected chi connectivity index (χ1v) is 9.80. The summed E-state index contributed by atoms with van der Waals surface area (Å²) in [4.78, 5) is 29.9. The number of nitrogens with one attached hydrogen (secondary N) is 2. The summed E-state index contributed by atoms with van der Waals surface area (Å²) in [5, 5.41) is 3.07. The van der Waals surface area contributed by atoms with Crippen molar-refractivity contribution in [3.63, 3.8) is 0 Å². The molecule has 0 unspecified atom stereocenters. The molecule has 0 aliphatic carbocycles. The monoisotopic (exact) mass is 367 g/mol. The van der Waals surface area contributed by atoms with Crippen LogP contribution in [0.1, 0.15) is 46.4 Å². The van der Waals surface area contributed by atoms with E-state index in [4.69, 9.17) is 0 Å². The van der Waals surface area contributed by atoms with Crippen molar-refractivity contribution < 1.29 is 4.79 Å². The topological polar surface area (TPSA) is 65.2 Å². The highest BCUT2D eigenvalue weighted by atomic mass is 16.2. The Bertz CT molecular complexity index is 829. The minimum atomic E-state index is -0.305. The molecule has 3 rings (SSSR count). The number of aromatic nitrogens is 1. The molecule has 1 atom stereocenters. The molecule has 5 nitrogen and oxygen atoms in total. The molecule has 2 aromatic rings. The number of hydrogen-bond acceptors (Lipinski definition) is 3. The van der Waals surface area contributed by atoms with E-state index in [2.05, 4.69) is 39.5 Å². The summed E-state index contributed by atoms with van der Waals surface area (Å²) >= 11 is 0. The van der Waals surface area contributed by atoms with Crippen LogP contribution in [-0.2, 0) is 6.42 Å². The molecular formula is C22H29N3O2. The van der Waals surface area contributed by atoms with E-state index in [0.717, 1.165) is 56.6 Å².